The molecular formula is C37H57NO7. The van der Waals surface area contributed by atoms with Crippen LogP contribution >= 0.6 is 0 Å². The van der Waals surface area contributed by atoms with E-state index in [0.717, 1.165) is 18.6 Å². The average molecular weight is 628 g/mol. The van der Waals surface area contributed by atoms with Gasteiger partial charge in [-0.2, -0.15) is 0 Å². The van der Waals surface area contributed by atoms with E-state index in [2.05, 4.69) is 6.92 Å². The summed E-state index contributed by atoms with van der Waals surface area (Å²) in [5.41, 5.74) is 0.460. The molecule has 0 saturated carbocycles. The first-order valence-electron chi connectivity index (χ1n) is 17.3. The summed E-state index contributed by atoms with van der Waals surface area (Å²) in [7, 11) is 0. The van der Waals surface area contributed by atoms with Crippen molar-refractivity contribution in [3.63, 3.8) is 0 Å². The first-order valence-corrected chi connectivity index (χ1v) is 17.3. The van der Waals surface area contributed by atoms with Crippen LogP contribution in [0, 0.1) is 0 Å². The Hall–Kier alpha value is -3.42. The van der Waals surface area contributed by atoms with E-state index >= 15 is 0 Å². The number of ether oxygens (including phenoxy) is 3. The van der Waals surface area contributed by atoms with Gasteiger partial charge in [0, 0.05) is 18.2 Å². The minimum absolute atomic E-state index is 0.412. The normalized spacial score (nSPS) is 10.9. The number of carbonyl (C=O) groups is 2. The highest BCUT2D eigenvalue weighted by Crippen LogP contribution is 2.33. The lowest BCUT2D eigenvalue weighted by atomic mass is 10.0. The molecule has 0 heterocycles. The lowest BCUT2D eigenvalue weighted by molar-refractivity contribution is -0.136. The summed E-state index contributed by atoms with van der Waals surface area (Å²) in [6.45, 7) is 2.83. The standard InChI is InChI=1S/C37H57NO7/c1-2-3-4-5-6-7-8-9-10-11-12-13-14-15-16-20-26-45-35-29-32(38(30-36(39)40)31-37(41)42)24-25-34(35)44-28-21-27-43-33-22-18-17-19-23-33/h17-19,22-25,29H,2-16,20-21,26-28,30-31H2,1H3,(H,39,40)(H,41,42). The lowest BCUT2D eigenvalue weighted by Crippen LogP contribution is -2.34. The first kappa shape index (κ1) is 37.8. The maximum absolute atomic E-state index is 11.4. The van der Waals surface area contributed by atoms with Gasteiger partial charge in [0.25, 0.3) is 0 Å². The molecule has 2 rings (SSSR count). The third-order valence-electron chi connectivity index (χ3n) is 7.76. The molecular weight excluding hydrogens is 570 g/mol. The number of hydrogen-bond acceptors (Lipinski definition) is 6. The Morgan fingerprint density at radius 2 is 1.02 bits per heavy atom. The SMILES string of the molecule is CCCCCCCCCCCCCCCCCCOc1cc(N(CC(=O)O)CC(=O)O)ccc1OCCCOc1ccccc1. The predicted molar refractivity (Wildman–Crippen MR) is 181 cm³/mol. The molecule has 0 unspecified atom stereocenters. The van der Waals surface area contributed by atoms with Gasteiger partial charge < -0.3 is 29.3 Å². The van der Waals surface area contributed by atoms with Crippen LogP contribution in [0.15, 0.2) is 48.5 Å². The van der Waals surface area contributed by atoms with Gasteiger partial charge in [-0.15, -0.1) is 0 Å². The molecule has 0 radical (unpaired) electrons. The zero-order chi connectivity index (χ0) is 32.4. The molecule has 0 aliphatic rings. The van der Waals surface area contributed by atoms with Crippen molar-refractivity contribution in [1.82, 2.24) is 0 Å². The van der Waals surface area contributed by atoms with Gasteiger partial charge in [0.2, 0.25) is 0 Å². The molecule has 45 heavy (non-hydrogen) atoms. The van der Waals surface area contributed by atoms with Crippen molar-refractivity contribution in [2.24, 2.45) is 0 Å². The largest absolute Gasteiger partial charge is 0.493 e. The fraction of sp³-hybridized carbons (Fsp3) is 0.622. The van der Waals surface area contributed by atoms with E-state index in [1.807, 2.05) is 30.3 Å². The molecule has 0 aliphatic heterocycles. The molecule has 8 heteroatoms. The minimum Gasteiger partial charge on any atom is -0.493 e. The van der Waals surface area contributed by atoms with Crippen LogP contribution < -0.4 is 19.1 Å². The summed E-state index contributed by atoms with van der Waals surface area (Å²) >= 11 is 0. The molecule has 2 aromatic rings. The minimum atomic E-state index is -1.11. The summed E-state index contributed by atoms with van der Waals surface area (Å²) in [5, 5.41) is 18.6. The number of rotatable bonds is 29. The topological polar surface area (TPSA) is 106 Å². The van der Waals surface area contributed by atoms with Crippen molar-refractivity contribution >= 4 is 17.6 Å². The van der Waals surface area contributed by atoms with E-state index in [-0.39, 0.29) is 0 Å². The first-order chi connectivity index (χ1) is 22.0. The van der Waals surface area contributed by atoms with E-state index in [4.69, 9.17) is 14.2 Å². The summed E-state index contributed by atoms with van der Waals surface area (Å²) < 4.78 is 17.8. The van der Waals surface area contributed by atoms with Crippen LogP contribution in [0.1, 0.15) is 116 Å². The predicted octanol–water partition coefficient (Wildman–Crippen LogP) is 9.15. The fourth-order valence-electron chi connectivity index (χ4n) is 5.27. The van der Waals surface area contributed by atoms with Gasteiger partial charge in [-0.25, -0.2) is 0 Å². The number of nitrogens with zero attached hydrogens (tertiary/aromatic N) is 1. The summed E-state index contributed by atoms with van der Waals surface area (Å²) in [5.74, 6) is -0.378. The molecule has 0 saturated heterocycles. The molecule has 0 amide bonds. The number of unbranched alkanes of at least 4 members (excludes halogenated alkanes) is 15. The smallest absolute Gasteiger partial charge is 0.323 e. The Kier molecular flexibility index (Phi) is 20.9. The second-order valence-corrected chi connectivity index (χ2v) is 11.8. The summed E-state index contributed by atoms with van der Waals surface area (Å²) in [6.07, 6.45) is 21.5. The Balaban J connectivity index is 1.71. The van der Waals surface area contributed by atoms with Gasteiger partial charge in [0.05, 0.1) is 19.8 Å². The Morgan fingerprint density at radius 1 is 0.556 bits per heavy atom. The second-order valence-electron chi connectivity index (χ2n) is 11.8. The van der Waals surface area contributed by atoms with Crippen molar-refractivity contribution in [3.05, 3.63) is 48.5 Å². The third kappa shape index (κ3) is 18.9. The van der Waals surface area contributed by atoms with Crippen LogP contribution in [-0.4, -0.2) is 55.1 Å². The highest BCUT2D eigenvalue weighted by atomic mass is 16.5. The number of hydrogen-bond donors (Lipinski definition) is 2. The molecule has 0 aromatic heterocycles. The maximum Gasteiger partial charge on any atom is 0.323 e. The van der Waals surface area contributed by atoms with E-state index in [9.17, 15) is 19.8 Å². The number of aliphatic carboxylic acids is 2. The van der Waals surface area contributed by atoms with Crippen LogP contribution in [0.25, 0.3) is 0 Å². The Bertz CT molecular complexity index is 1030. The Labute approximate surface area is 271 Å². The molecule has 252 valence electrons. The van der Waals surface area contributed by atoms with Gasteiger partial charge in [-0.3, -0.25) is 9.59 Å². The van der Waals surface area contributed by atoms with Gasteiger partial charge in [0.15, 0.2) is 11.5 Å². The van der Waals surface area contributed by atoms with Crippen molar-refractivity contribution in [2.75, 3.05) is 37.8 Å². The van der Waals surface area contributed by atoms with Gasteiger partial charge in [-0.05, 0) is 30.7 Å². The molecule has 0 bridgehead atoms. The van der Waals surface area contributed by atoms with E-state index < -0.39 is 25.0 Å². The third-order valence-corrected chi connectivity index (χ3v) is 7.76. The van der Waals surface area contributed by atoms with E-state index in [1.54, 1.807) is 18.2 Å². The number of carboxylic acid groups (broad SMARTS) is 2. The van der Waals surface area contributed by atoms with E-state index in [0.29, 0.717) is 43.4 Å². The highest BCUT2D eigenvalue weighted by Gasteiger charge is 2.17. The van der Waals surface area contributed by atoms with Crippen LogP contribution in [-0.2, 0) is 9.59 Å². The number of carboxylic acids is 2. The number of anilines is 1. The van der Waals surface area contributed by atoms with Crippen molar-refractivity contribution in [1.29, 1.82) is 0 Å². The molecule has 0 atom stereocenters. The number of para-hydroxylation sites is 1. The monoisotopic (exact) mass is 627 g/mol. The van der Waals surface area contributed by atoms with Crippen molar-refractivity contribution < 1.29 is 34.0 Å². The maximum atomic E-state index is 11.4. The van der Waals surface area contributed by atoms with Crippen molar-refractivity contribution in [2.45, 2.75) is 116 Å². The molecule has 8 nitrogen and oxygen atoms in total. The van der Waals surface area contributed by atoms with Gasteiger partial charge in [-0.1, -0.05) is 121 Å². The van der Waals surface area contributed by atoms with E-state index in [1.165, 1.54) is 94.8 Å². The quantitative estimate of drug-likeness (QED) is 0.0860. The average Bonchev–Trinajstić information content (AvgIpc) is 3.02. The van der Waals surface area contributed by atoms with Crippen LogP contribution in [0.4, 0.5) is 5.69 Å². The van der Waals surface area contributed by atoms with Crippen LogP contribution in [0.2, 0.25) is 0 Å². The molecule has 0 spiro atoms. The second kappa shape index (κ2) is 24.8. The molecule has 2 aromatic carbocycles. The summed E-state index contributed by atoms with van der Waals surface area (Å²) in [6, 6.07) is 14.7. The van der Waals surface area contributed by atoms with Gasteiger partial charge in [0.1, 0.15) is 18.8 Å². The highest BCUT2D eigenvalue weighted by molar-refractivity contribution is 5.80. The zero-order valence-corrected chi connectivity index (χ0v) is 27.6. The number of benzene rings is 2. The lowest BCUT2D eigenvalue weighted by Gasteiger charge is -2.22. The molecule has 0 aliphatic carbocycles. The summed E-state index contributed by atoms with van der Waals surface area (Å²) in [4.78, 5) is 24.0. The molecule has 0 fully saturated rings. The van der Waals surface area contributed by atoms with Crippen LogP contribution in [0.5, 0.6) is 17.2 Å². The van der Waals surface area contributed by atoms with Crippen LogP contribution in [0.3, 0.4) is 0 Å². The fourth-order valence-corrected chi connectivity index (χ4v) is 5.27. The van der Waals surface area contributed by atoms with Crippen molar-refractivity contribution in [3.8, 4) is 17.2 Å². The molecule has 2 N–H and O–H groups in total. The van der Waals surface area contributed by atoms with Gasteiger partial charge >= 0.3 is 11.9 Å². The Morgan fingerprint density at radius 3 is 1.56 bits per heavy atom. The zero-order valence-electron chi connectivity index (χ0n) is 27.6.